The fourth-order valence-corrected chi connectivity index (χ4v) is 2.68. The summed E-state index contributed by atoms with van der Waals surface area (Å²) in [5, 5.41) is 3.50. The standard InChI is InChI=1S/C16H26BrN/c1-4-13(5-2)11-15(12-18-6-3)14-7-9-16(17)10-8-14/h7-10,13,15,18H,4-6,11-12H2,1-3H3. The van der Waals surface area contributed by atoms with Gasteiger partial charge in [0.25, 0.3) is 0 Å². The molecule has 0 saturated carbocycles. The summed E-state index contributed by atoms with van der Waals surface area (Å²) in [6.07, 6.45) is 3.87. The molecule has 0 aliphatic rings. The third-order valence-corrected chi connectivity index (χ3v) is 4.28. The lowest BCUT2D eigenvalue weighted by molar-refractivity contribution is 0.400. The van der Waals surface area contributed by atoms with Gasteiger partial charge in [-0.2, -0.15) is 0 Å². The van der Waals surface area contributed by atoms with E-state index in [1.165, 1.54) is 24.8 Å². The van der Waals surface area contributed by atoms with E-state index in [1.807, 2.05) is 0 Å². The Balaban J connectivity index is 2.73. The molecule has 1 nitrogen and oxygen atoms in total. The predicted molar refractivity (Wildman–Crippen MR) is 84.1 cm³/mol. The number of likely N-dealkylation sites (N-methyl/N-ethyl adjacent to an activating group) is 1. The van der Waals surface area contributed by atoms with Crippen molar-refractivity contribution in [1.29, 1.82) is 0 Å². The normalized spacial score (nSPS) is 12.9. The highest BCUT2D eigenvalue weighted by atomic mass is 79.9. The molecule has 102 valence electrons. The van der Waals surface area contributed by atoms with Gasteiger partial charge in [0, 0.05) is 11.0 Å². The maximum Gasteiger partial charge on any atom is 0.0175 e. The van der Waals surface area contributed by atoms with Crippen LogP contribution in [0, 0.1) is 5.92 Å². The molecule has 0 radical (unpaired) electrons. The lowest BCUT2D eigenvalue weighted by atomic mass is 9.86. The van der Waals surface area contributed by atoms with Crippen molar-refractivity contribution in [2.75, 3.05) is 13.1 Å². The number of nitrogens with one attached hydrogen (secondary N) is 1. The van der Waals surface area contributed by atoms with Crippen LogP contribution in [0.25, 0.3) is 0 Å². The van der Waals surface area contributed by atoms with Crippen LogP contribution < -0.4 is 5.32 Å². The van der Waals surface area contributed by atoms with Crippen LogP contribution in [-0.2, 0) is 0 Å². The third kappa shape index (κ3) is 5.11. The highest BCUT2D eigenvalue weighted by Gasteiger charge is 2.15. The van der Waals surface area contributed by atoms with Gasteiger partial charge in [0.2, 0.25) is 0 Å². The minimum atomic E-state index is 0.642. The summed E-state index contributed by atoms with van der Waals surface area (Å²) < 4.78 is 1.16. The van der Waals surface area contributed by atoms with Crippen molar-refractivity contribution in [3.05, 3.63) is 34.3 Å². The Morgan fingerprint density at radius 1 is 1.06 bits per heavy atom. The van der Waals surface area contributed by atoms with Crippen molar-refractivity contribution < 1.29 is 0 Å². The SMILES string of the molecule is CCNCC(CC(CC)CC)c1ccc(Br)cc1. The monoisotopic (exact) mass is 311 g/mol. The molecule has 1 rings (SSSR count). The smallest absolute Gasteiger partial charge is 0.0175 e. The van der Waals surface area contributed by atoms with Crippen molar-refractivity contribution in [1.82, 2.24) is 5.32 Å². The van der Waals surface area contributed by atoms with E-state index < -0.39 is 0 Å². The Morgan fingerprint density at radius 2 is 1.67 bits per heavy atom. The molecule has 0 bridgehead atoms. The molecule has 0 amide bonds. The fourth-order valence-electron chi connectivity index (χ4n) is 2.42. The second kappa shape index (κ2) is 8.71. The van der Waals surface area contributed by atoms with Crippen molar-refractivity contribution in [2.24, 2.45) is 5.92 Å². The van der Waals surface area contributed by atoms with Crippen LogP contribution in [0.5, 0.6) is 0 Å². The number of hydrogen-bond donors (Lipinski definition) is 1. The zero-order chi connectivity index (χ0) is 13.4. The van der Waals surface area contributed by atoms with Crippen LogP contribution in [0.3, 0.4) is 0 Å². The Bertz CT molecular complexity index is 316. The molecule has 1 N–H and O–H groups in total. The maximum atomic E-state index is 3.51. The van der Waals surface area contributed by atoms with Gasteiger partial charge >= 0.3 is 0 Å². The number of benzene rings is 1. The van der Waals surface area contributed by atoms with Gasteiger partial charge < -0.3 is 5.32 Å². The Morgan fingerprint density at radius 3 is 2.17 bits per heavy atom. The summed E-state index contributed by atoms with van der Waals surface area (Å²) in [7, 11) is 0. The van der Waals surface area contributed by atoms with Crippen LogP contribution in [-0.4, -0.2) is 13.1 Å². The first kappa shape index (κ1) is 15.7. The molecule has 1 atom stereocenters. The molecule has 2 heteroatoms. The van der Waals surface area contributed by atoms with E-state index in [1.54, 1.807) is 0 Å². The summed E-state index contributed by atoms with van der Waals surface area (Å²) in [6, 6.07) is 8.82. The molecule has 0 aliphatic heterocycles. The maximum absolute atomic E-state index is 3.51. The quantitative estimate of drug-likeness (QED) is 0.715. The van der Waals surface area contributed by atoms with Gasteiger partial charge in [0.05, 0.1) is 0 Å². The largest absolute Gasteiger partial charge is 0.316 e. The second-order valence-electron chi connectivity index (χ2n) is 4.97. The number of halogens is 1. The summed E-state index contributed by atoms with van der Waals surface area (Å²) in [6.45, 7) is 8.93. The van der Waals surface area contributed by atoms with E-state index in [-0.39, 0.29) is 0 Å². The number of rotatable bonds is 8. The molecule has 1 aromatic rings. The molecule has 0 spiro atoms. The lowest BCUT2D eigenvalue weighted by Crippen LogP contribution is -2.23. The summed E-state index contributed by atoms with van der Waals surface area (Å²) in [5.41, 5.74) is 1.46. The van der Waals surface area contributed by atoms with Gasteiger partial charge in [0.15, 0.2) is 0 Å². The van der Waals surface area contributed by atoms with Crippen molar-refractivity contribution in [3.63, 3.8) is 0 Å². The molecule has 1 unspecified atom stereocenters. The van der Waals surface area contributed by atoms with Crippen molar-refractivity contribution >= 4 is 15.9 Å². The van der Waals surface area contributed by atoms with Crippen LogP contribution in [0.15, 0.2) is 28.7 Å². The highest BCUT2D eigenvalue weighted by molar-refractivity contribution is 9.10. The van der Waals surface area contributed by atoms with Gasteiger partial charge in [-0.25, -0.2) is 0 Å². The van der Waals surface area contributed by atoms with Crippen molar-refractivity contribution in [2.45, 2.75) is 46.0 Å². The second-order valence-corrected chi connectivity index (χ2v) is 5.89. The van der Waals surface area contributed by atoms with E-state index in [2.05, 4.69) is 66.3 Å². The van der Waals surface area contributed by atoms with E-state index in [9.17, 15) is 0 Å². The molecule has 0 aromatic heterocycles. The molecule has 0 saturated heterocycles. The molecular weight excluding hydrogens is 286 g/mol. The molecule has 0 fully saturated rings. The lowest BCUT2D eigenvalue weighted by Gasteiger charge is -2.22. The average Bonchev–Trinajstić information content (AvgIpc) is 2.40. The first-order valence-corrected chi connectivity index (χ1v) is 7.96. The van der Waals surface area contributed by atoms with E-state index in [0.717, 1.165) is 23.5 Å². The molecule has 0 aliphatic carbocycles. The third-order valence-electron chi connectivity index (χ3n) is 3.75. The van der Waals surface area contributed by atoms with E-state index in [4.69, 9.17) is 0 Å². The molecule has 18 heavy (non-hydrogen) atoms. The zero-order valence-electron chi connectivity index (χ0n) is 11.9. The Hall–Kier alpha value is -0.340. The fraction of sp³-hybridized carbons (Fsp3) is 0.625. The van der Waals surface area contributed by atoms with Crippen LogP contribution >= 0.6 is 15.9 Å². The van der Waals surface area contributed by atoms with Crippen LogP contribution in [0.2, 0.25) is 0 Å². The van der Waals surface area contributed by atoms with Gasteiger partial charge in [-0.05, 0) is 42.5 Å². The zero-order valence-corrected chi connectivity index (χ0v) is 13.5. The minimum absolute atomic E-state index is 0.642. The summed E-state index contributed by atoms with van der Waals surface area (Å²) in [5.74, 6) is 1.49. The van der Waals surface area contributed by atoms with Crippen LogP contribution in [0.4, 0.5) is 0 Å². The van der Waals surface area contributed by atoms with Gasteiger partial charge in [-0.15, -0.1) is 0 Å². The molecule has 1 aromatic carbocycles. The van der Waals surface area contributed by atoms with E-state index in [0.29, 0.717) is 5.92 Å². The topological polar surface area (TPSA) is 12.0 Å². The predicted octanol–water partition coefficient (Wildman–Crippen LogP) is 4.97. The van der Waals surface area contributed by atoms with Crippen LogP contribution in [0.1, 0.15) is 51.5 Å². The minimum Gasteiger partial charge on any atom is -0.316 e. The van der Waals surface area contributed by atoms with Crippen molar-refractivity contribution in [3.8, 4) is 0 Å². The molecule has 0 heterocycles. The highest BCUT2D eigenvalue weighted by Crippen LogP contribution is 2.27. The average molecular weight is 312 g/mol. The van der Waals surface area contributed by atoms with Gasteiger partial charge in [-0.3, -0.25) is 0 Å². The van der Waals surface area contributed by atoms with Gasteiger partial charge in [0.1, 0.15) is 0 Å². The van der Waals surface area contributed by atoms with E-state index >= 15 is 0 Å². The summed E-state index contributed by atoms with van der Waals surface area (Å²) >= 11 is 3.51. The first-order chi connectivity index (χ1) is 8.71. The number of hydrogen-bond acceptors (Lipinski definition) is 1. The molecular formula is C16H26BrN. The first-order valence-electron chi connectivity index (χ1n) is 7.17. The Kier molecular flexibility index (Phi) is 7.60. The Labute approximate surface area is 120 Å². The summed E-state index contributed by atoms with van der Waals surface area (Å²) in [4.78, 5) is 0. The van der Waals surface area contributed by atoms with Gasteiger partial charge in [-0.1, -0.05) is 61.7 Å².